The van der Waals surface area contributed by atoms with Crippen LogP contribution in [0.15, 0.2) is 6.33 Å². The Morgan fingerprint density at radius 1 is 1.41 bits per heavy atom. The SMILES string of the molecule is CCCN(CCCN)Cc1ncnn1C(C)C. The second-order valence-electron chi connectivity index (χ2n) is 4.63. The van der Waals surface area contributed by atoms with E-state index in [0.717, 1.165) is 44.8 Å². The first-order valence-electron chi connectivity index (χ1n) is 6.49. The van der Waals surface area contributed by atoms with Gasteiger partial charge in [-0.15, -0.1) is 0 Å². The van der Waals surface area contributed by atoms with Crippen molar-refractivity contribution in [2.75, 3.05) is 19.6 Å². The third-order valence-electron chi connectivity index (χ3n) is 2.72. The Morgan fingerprint density at radius 3 is 2.76 bits per heavy atom. The second-order valence-corrected chi connectivity index (χ2v) is 4.63. The number of hydrogen-bond donors (Lipinski definition) is 1. The van der Waals surface area contributed by atoms with Crippen molar-refractivity contribution in [1.29, 1.82) is 0 Å². The minimum absolute atomic E-state index is 0.366. The first kappa shape index (κ1) is 14.1. The van der Waals surface area contributed by atoms with Gasteiger partial charge in [0.1, 0.15) is 12.2 Å². The fourth-order valence-electron chi connectivity index (χ4n) is 1.92. The average molecular weight is 239 g/mol. The van der Waals surface area contributed by atoms with Crippen LogP contribution >= 0.6 is 0 Å². The molecule has 0 unspecified atom stereocenters. The Labute approximate surface area is 104 Å². The standard InChI is InChI=1S/C12H25N5/c1-4-7-16(8-5-6-13)9-12-14-10-15-17(12)11(2)3/h10-11H,4-9,13H2,1-3H3. The van der Waals surface area contributed by atoms with Crippen molar-refractivity contribution in [2.45, 2.75) is 46.2 Å². The van der Waals surface area contributed by atoms with E-state index >= 15 is 0 Å². The van der Waals surface area contributed by atoms with Crippen LogP contribution < -0.4 is 5.73 Å². The van der Waals surface area contributed by atoms with Gasteiger partial charge in [0.05, 0.1) is 6.54 Å². The largest absolute Gasteiger partial charge is 0.330 e. The van der Waals surface area contributed by atoms with Crippen molar-refractivity contribution in [3.8, 4) is 0 Å². The third-order valence-corrected chi connectivity index (χ3v) is 2.72. The summed E-state index contributed by atoms with van der Waals surface area (Å²) in [5.74, 6) is 1.05. The molecular weight excluding hydrogens is 214 g/mol. The van der Waals surface area contributed by atoms with Gasteiger partial charge in [-0.3, -0.25) is 4.90 Å². The fourth-order valence-corrected chi connectivity index (χ4v) is 1.92. The lowest BCUT2D eigenvalue weighted by Gasteiger charge is -2.21. The maximum atomic E-state index is 5.56. The monoisotopic (exact) mass is 239 g/mol. The lowest BCUT2D eigenvalue weighted by atomic mass is 10.3. The van der Waals surface area contributed by atoms with Crippen molar-refractivity contribution in [3.63, 3.8) is 0 Å². The van der Waals surface area contributed by atoms with Crippen molar-refractivity contribution in [3.05, 3.63) is 12.2 Å². The van der Waals surface area contributed by atoms with Crippen molar-refractivity contribution in [2.24, 2.45) is 5.73 Å². The smallest absolute Gasteiger partial charge is 0.141 e. The van der Waals surface area contributed by atoms with Gasteiger partial charge in [-0.05, 0) is 46.3 Å². The van der Waals surface area contributed by atoms with Gasteiger partial charge in [-0.1, -0.05) is 6.92 Å². The summed E-state index contributed by atoms with van der Waals surface area (Å²) in [5.41, 5.74) is 5.56. The highest BCUT2D eigenvalue weighted by Crippen LogP contribution is 2.08. The number of nitrogens with two attached hydrogens (primary N) is 1. The molecule has 1 aromatic rings. The second kappa shape index (κ2) is 7.40. The minimum atomic E-state index is 0.366. The molecule has 0 aliphatic carbocycles. The quantitative estimate of drug-likeness (QED) is 0.745. The molecule has 0 spiro atoms. The molecule has 5 nitrogen and oxygen atoms in total. The number of hydrogen-bond acceptors (Lipinski definition) is 4. The summed E-state index contributed by atoms with van der Waals surface area (Å²) in [6, 6.07) is 0.366. The van der Waals surface area contributed by atoms with Crippen LogP contribution in [0, 0.1) is 0 Å². The summed E-state index contributed by atoms with van der Waals surface area (Å²) in [4.78, 5) is 6.75. The molecule has 0 atom stereocenters. The first-order chi connectivity index (χ1) is 8.19. The van der Waals surface area contributed by atoms with Crippen molar-refractivity contribution in [1.82, 2.24) is 19.7 Å². The Bertz CT molecular complexity index is 308. The molecule has 0 aliphatic rings. The predicted octanol–water partition coefficient (Wildman–Crippen LogP) is 1.42. The zero-order valence-corrected chi connectivity index (χ0v) is 11.3. The van der Waals surface area contributed by atoms with E-state index in [-0.39, 0.29) is 0 Å². The van der Waals surface area contributed by atoms with Gasteiger partial charge in [0, 0.05) is 6.04 Å². The molecule has 0 aliphatic heterocycles. The van der Waals surface area contributed by atoms with E-state index in [2.05, 4.69) is 35.8 Å². The topological polar surface area (TPSA) is 60.0 Å². The lowest BCUT2D eigenvalue weighted by Crippen LogP contribution is -2.28. The van der Waals surface area contributed by atoms with Crippen LogP contribution in [0.2, 0.25) is 0 Å². The molecule has 0 saturated carbocycles. The molecule has 2 N–H and O–H groups in total. The zero-order chi connectivity index (χ0) is 12.7. The molecule has 0 radical (unpaired) electrons. The third kappa shape index (κ3) is 4.44. The van der Waals surface area contributed by atoms with Gasteiger partial charge in [0.25, 0.3) is 0 Å². The summed E-state index contributed by atoms with van der Waals surface area (Å²) in [6.45, 7) is 10.2. The lowest BCUT2D eigenvalue weighted by molar-refractivity contribution is 0.250. The summed E-state index contributed by atoms with van der Waals surface area (Å²) in [7, 11) is 0. The molecule has 0 saturated heterocycles. The molecule has 1 aromatic heterocycles. The number of rotatable bonds is 8. The number of nitrogens with zero attached hydrogens (tertiary/aromatic N) is 4. The highest BCUT2D eigenvalue weighted by molar-refractivity contribution is 4.86. The van der Waals surface area contributed by atoms with E-state index in [1.54, 1.807) is 6.33 Å². The minimum Gasteiger partial charge on any atom is -0.330 e. The Balaban J connectivity index is 2.61. The van der Waals surface area contributed by atoms with E-state index in [1.807, 2.05) is 4.68 Å². The molecular formula is C12H25N5. The van der Waals surface area contributed by atoms with Gasteiger partial charge in [0.2, 0.25) is 0 Å². The van der Waals surface area contributed by atoms with Crippen LogP contribution in [0.5, 0.6) is 0 Å². The van der Waals surface area contributed by atoms with Crippen LogP contribution in [0.1, 0.15) is 45.5 Å². The first-order valence-corrected chi connectivity index (χ1v) is 6.49. The maximum absolute atomic E-state index is 5.56. The summed E-state index contributed by atoms with van der Waals surface area (Å²) < 4.78 is 1.99. The van der Waals surface area contributed by atoms with Crippen molar-refractivity contribution < 1.29 is 0 Å². The molecule has 1 rings (SSSR count). The summed E-state index contributed by atoms with van der Waals surface area (Å²) in [5, 5.41) is 4.26. The van der Waals surface area contributed by atoms with Crippen LogP contribution in [-0.2, 0) is 6.54 Å². The van der Waals surface area contributed by atoms with Gasteiger partial charge in [0.15, 0.2) is 0 Å². The zero-order valence-electron chi connectivity index (χ0n) is 11.3. The molecule has 0 aromatic carbocycles. The Kier molecular flexibility index (Phi) is 6.15. The Morgan fingerprint density at radius 2 is 2.18 bits per heavy atom. The maximum Gasteiger partial charge on any atom is 0.141 e. The predicted molar refractivity (Wildman–Crippen MR) is 69.6 cm³/mol. The van der Waals surface area contributed by atoms with Crippen LogP contribution in [0.25, 0.3) is 0 Å². The van der Waals surface area contributed by atoms with Gasteiger partial charge in [-0.25, -0.2) is 9.67 Å². The van der Waals surface area contributed by atoms with Crippen LogP contribution in [0.3, 0.4) is 0 Å². The van der Waals surface area contributed by atoms with Crippen molar-refractivity contribution >= 4 is 0 Å². The van der Waals surface area contributed by atoms with E-state index in [4.69, 9.17) is 5.73 Å². The molecule has 5 heteroatoms. The van der Waals surface area contributed by atoms with Gasteiger partial charge >= 0.3 is 0 Å². The molecule has 98 valence electrons. The molecule has 17 heavy (non-hydrogen) atoms. The normalized spacial score (nSPS) is 11.6. The van der Waals surface area contributed by atoms with E-state index in [0.29, 0.717) is 6.04 Å². The highest BCUT2D eigenvalue weighted by atomic mass is 15.4. The van der Waals surface area contributed by atoms with Crippen LogP contribution in [-0.4, -0.2) is 39.3 Å². The fraction of sp³-hybridized carbons (Fsp3) is 0.833. The summed E-state index contributed by atoms with van der Waals surface area (Å²) in [6.07, 6.45) is 3.83. The average Bonchev–Trinajstić information content (AvgIpc) is 2.74. The van der Waals surface area contributed by atoms with E-state index in [1.165, 1.54) is 0 Å². The molecule has 1 heterocycles. The summed E-state index contributed by atoms with van der Waals surface area (Å²) >= 11 is 0. The van der Waals surface area contributed by atoms with Gasteiger partial charge < -0.3 is 5.73 Å². The molecule has 0 bridgehead atoms. The molecule has 0 amide bonds. The van der Waals surface area contributed by atoms with Crippen LogP contribution in [0.4, 0.5) is 0 Å². The molecule has 0 fully saturated rings. The number of aromatic nitrogens is 3. The Hall–Kier alpha value is -0.940. The highest BCUT2D eigenvalue weighted by Gasteiger charge is 2.11. The van der Waals surface area contributed by atoms with E-state index in [9.17, 15) is 0 Å². The van der Waals surface area contributed by atoms with E-state index < -0.39 is 0 Å². The van der Waals surface area contributed by atoms with Gasteiger partial charge in [-0.2, -0.15) is 5.10 Å².